The van der Waals surface area contributed by atoms with Gasteiger partial charge in [-0.25, -0.2) is 4.98 Å². The second-order valence-corrected chi connectivity index (χ2v) is 11.7. The highest BCUT2D eigenvalue weighted by Gasteiger charge is 2.27. The summed E-state index contributed by atoms with van der Waals surface area (Å²) in [5.41, 5.74) is 8.87. The van der Waals surface area contributed by atoms with E-state index in [2.05, 4.69) is 20.1 Å². The van der Waals surface area contributed by atoms with Gasteiger partial charge in [-0.2, -0.15) is 5.10 Å². The molecule has 1 aromatic carbocycles. The van der Waals surface area contributed by atoms with E-state index >= 15 is 0 Å². The molecule has 1 atom stereocenters. The number of nitrogens with zero attached hydrogens (tertiary/aromatic N) is 5. The van der Waals surface area contributed by atoms with Crippen LogP contribution in [0.5, 0.6) is 5.75 Å². The molecule has 3 N–H and O–H groups in total. The van der Waals surface area contributed by atoms with Gasteiger partial charge < -0.3 is 20.3 Å². The predicted octanol–water partition coefficient (Wildman–Crippen LogP) is 6.33. The molecule has 4 aromatic rings. The average molecular weight is 655 g/mol. The van der Waals surface area contributed by atoms with Crippen LogP contribution in [0.4, 0.5) is 5.82 Å². The lowest BCUT2D eigenvalue weighted by Crippen LogP contribution is -2.50. The molecule has 42 heavy (non-hydrogen) atoms. The van der Waals surface area contributed by atoms with Crippen molar-refractivity contribution in [3.63, 3.8) is 0 Å². The number of amides is 1. The standard InChI is InChI=1S/C29H33Cl2N7O2.2ClH/c1-18(27-22(30)15-33-16-23(27)31)40-20-5-6-24-21(12-20)28(36-35-24)19-4-7-25(34-14-19)37-8-10-38(11-9-37)26(39)13-29(2,3)17-32;;/h4-7,12,14-16,18H,8-11,13,17,32H2,1-3H3,(H,35,36);2*1H/t18-;;/m1../s1. The number of fused-ring (bicyclic) bond motifs is 1. The van der Waals surface area contributed by atoms with Crippen LogP contribution in [-0.2, 0) is 4.79 Å². The molecule has 1 fully saturated rings. The third kappa shape index (κ3) is 7.38. The minimum atomic E-state index is -0.375. The van der Waals surface area contributed by atoms with Crippen LogP contribution in [0.25, 0.3) is 22.2 Å². The Kier molecular flexibility index (Phi) is 11.3. The SMILES string of the molecule is C[C@@H](Oc1ccc2[nH]nc(-c3ccc(N4CCN(C(=O)CC(C)(C)CN)CC4)nc3)c2c1)c1c(Cl)cncc1Cl.Cl.Cl. The molecule has 0 spiro atoms. The number of nitrogens with two attached hydrogens (primary N) is 1. The van der Waals surface area contributed by atoms with Crippen LogP contribution < -0.4 is 15.4 Å². The number of carbonyl (C=O) groups is 1. The van der Waals surface area contributed by atoms with E-state index in [4.69, 9.17) is 38.7 Å². The zero-order chi connectivity index (χ0) is 28.4. The molecule has 1 aliphatic rings. The highest BCUT2D eigenvalue weighted by Crippen LogP contribution is 2.35. The molecule has 1 aliphatic heterocycles. The van der Waals surface area contributed by atoms with Gasteiger partial charge in [0.1, 0.15) is 23.4 Å². The fourth-order valence-corrected chi connectivity index (χ4v) is 5.52. The maximum absolute atomic E-state index is 12.7. The maximum Gasteiger partial charge on any atom is 0.223 e. The Morgan fingerprint density at radius 1 is 1.07 bits per heavy atom. The Balaban J connectivity index is 0.00000242. The molecule has 0 bridgehead atoms. The topological polar surface area (TPSA) is 113 Å². The third-order valence-corrected chi connectivity index (χ3v) is 7.91. The van der Waals surface area contributed by atoms with Gasteiger partial charge in [0.15, 0.2) is 0 Å². The van der Waals surface area contributed by atoms with Crippen molar-refractivity contribution < 1.29 is 9.53 Å². The first-order valence-electron chi connectivity index (χ1n) is 13.3. The van der Waals surface area contributed by atoms with Gasteiger partial charge in [0.05, 0.1) is 15.6 Å². The van der Waals surface area contributed by atoms with Crippen molar-refractivity contribution in [2.75, 3.05) is 37.6 Å². The fourth-order valence-electron chi connectivity index (χ4n) is 4.85. The van der Waals surface area contributed by atoms with Crippen molar-refractivity contribution >= 4 is 70.6 Å². The Morgan fingerprint density at radius 2 is 1.76 bits per heavy atom. The van der Waals surface area contributed by atoms with Crippen LogP contribution >= 0.6 is 48.0 Å². The van der Waals surface area contributed by atoms with Gasteiger partial charge in [0, 0.05) is 67.7 Å². The van der Waals surface area contributed by atoms with E-state index in [1.165, 1.54) is 0 Å². The number of hydrogen-bond donors (Lipinski definition) is 2. The van der Waals surface area contributed by atoms with Crippen LogP contribution in [0.2, 0.25) is 10.0 Å². The number of anilines is 1. The summed E-state index contributed by atoms with van der Waals surface area (Å²) in [5.74, 6) is 1.70. The second kappa shape index (κ2) is 14.1. The minimum Gasteiger partial charge on any atom is -0.486 e. The average Bonchev–Trinajstić information content (AvgIpc) is 3.36. The van der Waals surface area contributed by atoms with E-state index in [0.717, 1.165) is 41.1 Å². The molecule has 1 amide bonds. The lowest BCUT2D eigenvalue weighted by atomic mass is 9.89. The number of nitrogens with one attached hydrogen (secondary N) is 1. The molecule has 5 rings (SSSR count). The van der Waals surface area contributed by atoms with Crippen molar-refractivity contribution in [1.82, 2.24) is 25.1 Å². The third-order valence-electron chi connectivity index (χ3n) is 7.30. The summed E-state index contributed by atoms with van der Waals surface area (Å²) in [4.78, 5) is 25.6. The lowest BCUT2D eigenvalue weighted by Gasteiger charge is -2.36. The summed E-state index contributed by atoms with van der Waals surface area (Å²) in [6.45, 7) is 9.24. The first-order valence-corrected chi connectivity index (χ1v) is 14.0. The normalized spacial score (nSPS) is 14.2. The minimum absolute atomic E-state index is 0. The summed E-state index contributed by atoms with van der Waals surface area (Å²) < 4.78 is 6.19. The Hall–Kier alpha value is -2.82. The monoisotopic (exact) mass is 653 g/mol. The quantitative estimate of drug-likeness (QED) is 0.228. The zero-order valence-electron chi connectivity index (χ0n) is 23.6. The van der Waals surface area contributed by atoms with Gasteiger partial charge in [-0.3, -0.25) is 14.9 Å². The number of ether oxygens (including phenoxy) is 1. The van der Waals surface area contributed by atoms with Gasteiger partial charge in [-0.15, -0.1) is 24.8 Å². The Morgan fingerprint density at radius 3 is 2.38 bits per heavy atom. The van der Waals surface area contributed by atoms with Gasteiger partial charge in [0.25, 0.3) is 0 Å². The van der Waals surface area contributed by atoms with Crippen LogP contribution in [0.1, 0.15) is 38.9 Å². The molecule has 13 heteroatoms. The number of aromatic amines is 1. The highest BCUT2D eigenvalue weighted by atomic mass is 35.5. The molecule has 0 saturated carbocycles. The predicted molar refractivity (Wildman–Crippen MR) is 173 cm³/mol. The maximum atomic E-state index is 12.7. The summed E-state index contributed by atoms with van der Waals surface area (Å²) in [5, 5.41) is 9.47. The molecule has 0 aliphatic carbocycles. The number of piperazine rings is 1. The summed E-state index contributed by atoms with van der Waals surface area (Å²) >= 11 is 12.6. The van der Waals surface area contributed by atoms with E-state index in [9.17, 15) is 4.79 Å². The number of aromatic nitrogens is 4. The molecule has 3 aromatic heterocycles. The van der Waals surface area contributed by atoms with E-state index in [0.29, 0.717) is 47.4 Å². The smallest absolute Gasteiger partial charge is 0.223 e. The number of halogens is 4. The molecule has 0 radical (unpaired) electrons. The second-order valence-electron chi connectivity index (χ2n) is 10.9. The number of hydrogen-bond acceptors (Lipinski definition) is 7. The van der Waals surface area contributed by atoms with E-state index in [-0.39, 0.29) is 42.2 Å². The summed E-state index contributed by atoms with van der Waals surface area (Å²) in [7, 11) is 0. The van der Waals surface area contributed by atoms with Gasteiger partial charge >= 0.3 is 0 Å². The lowest BCUT2D eigenvalue weighted by molar-refractivity contribution is -0.133. The largest absolute Gasteiger partial charge is 0.486 e. The molecule has 1 saturated heterocycles. The van der Waals surface area contributed by atoms with E-state index < -0.39 is 0 Å². The van der Waals surface area contributed by atoms with Crippen LogP contribution in [0, 0.1) is 5.41 Å². The number of benzene rings is 1. The van der Waals surface area contributed by atoms with Crippen molar-refractivity contribution in [3.8, 4) is 17.0 Å². The zero-order valence-corrected chi connectivity index (χ0v) is 26.8. The van der Waals surface area contributed by atoms with E-state index in [1.54, 1.807) is 12.4 Å². The van der Waals surface area contributed by atoms with Crippen LogP contribution in [0.3, 0.4) is 0 Å². The number of rotatable bonds is 8. The number of H-pyrrole nitrogens is 1. The molecule has 226 valence electrons. The summed E-state index contributed by atoms with van der Waals surface area (Å²) in [6.07, 6.45) is 5.03. The molecule has 0 unspecified atom stereocenters. The number of pyridine rings is 2. The van der Waals surface area contributed by atoms with Gasteiger partial charge in [-0.1, -0.05) is 37.0 Å². The van der Waals surface area contributed by atoms with Gasteiger partial charge in [-0.05, 0) is 49.2 Å². The molecular weight excluding hydrogens is 620 g/mol. The van der Waals surface area contributed by atoms with Crippen molar-refractivity contribution in [1.29, 1.82) is 0 Å². The summed E-state index contributed by atoms with van der Waals surface area (Å²) in [6, 6.07) is 9.78. The highest BCUT2D eigenvalue weighted by molar-refractivity contribution is 6.35. The Bertz CT molecular complexity index is 1490. The van der Waals surface area contributed by atoms with Crippen molar-refractivity contribution in [2.45, 2.75) is 33.3 Å². The first-order chi connectivity index (χ1) is 19.1. The molecule has 9 nitrogen and oxygen atoms in total. The van der Waals surface area contributed by atoms with Crippen LogP contribution in [0.15, 0.2) is 48.9 Å². The molecular formula is C29H35Cl4N7O2. The van der Waals surface area contributed by atoms with Gasteiger partial charge in [0.2, 0.25) is 5.91 Å². The van der Waals surface area contributed by atoms with Crippen LogP contribution in [-0.4, -0.2) is 63.7 Å². The molecule has 4 heterocycles. The van der Waals surface area contributed by atoms with Crippen molar-refractivity contribution in [2.24, 2.45) is 11.1 Å². The fraction of sp³-hybridized carbons (Fsp3) is 0.379. The first kappa shape index (κ1) is 33.7. The van der Waals surface area contributed by atoms with Crippen molar-refractivity contribution in [3.05, 3.63) is 64.5 Å². The van der Waals surface area contributed by atoms with E-state index in [1.807, 2.05) is 62.2 Å². The Labute approximate surface area is 267 Å². The number of carbonyl (C=O) groups excluding carboxylic acids is 1.